The first kappa shape index (κ1) is 19.0. The van der Waals surface area contributed by atoms with Crippen LogP contribution in [0.2, 0.25) is 0 Å². The van der Waals surface area contributed by atoms with Gasteiger partial charge in [0.1, 0.15) is 22.9 Å². The second-order valence-corrected chi connectivity index (χ2v) is 8.44. The van der Waals surface area contributed by atoms with Gasteiger partial charge in [-0.25, -0.2) is 19.2 Å². The Morgan fingerprint density at radius 1 is 1.09 bits per heavy atom. The van der Waals surface area contributed by atoms with Crippen molar-refractivity contribution >= 4 is 49.6 Å². The number of nitrogen functional groups attached to an aromatic ring is 1. The van der Waals surface area contributed by atoms with Crippen LogP contribution in [0.1, 0.15) is 11.1 Å². The Kier molecular flexibility index (Phi) is 3.79. The molecule has 0 unspecified atom stereocenters. The van der Waals surface area contributed by atoms with Gasteiger partial charge in [0.25, 0.3) is 0 Å². The van der Waals surface area contributed by atoms with E-state index in [1.54, 1.807) is 22.9 Å². The Morgan fingerprint density at radius 3 is 2.85 bits per heavy atom. The van der Waals surface area contributed by atoms with E-state index in [1.807, 2.05) is 30.3 Å². The van der Waals surface area contributed by atoms with E-state index >= 15 is 4.39 Å². The lowest BCUT2D eigenvalue weighted by Gasteiger charge is -2.11. The molecule has 0 saturated carbocycles. The molecule has 0 amide bonds. The topological polar surface area (TPSA) is 96.2 Å². The van der Waals surface area contributed by atoms with E-state index in [4.69, 9.17) is 14.9 Å². The van der Waals surface area contributed by atoms with Crippen LogP contribution in [-0.4, -0.2) is 21.1 Å². The first-order valence-electron chi connectivity index (χ1n) is 10.9. The number of halogens is 1. The van der Waals surface area contributed by atoms with Crippen molar-refractivity contribution in [3.05, 3.63) is 82.1 Å². The third-order valence-electron chi connectivity index (χ3n) is 6.53. The lowest BCUT2D eigenvalue weighted by atomic mass is 10.0. The van der Waals surface area contributed by atoms with Gasteiger partial charge in [0.2, 0.25) is 5.71 Å². The Balaban J connectivity index is 1.66. The minimum absolute atomic E-state index is 0.230. The number of anilines is 1. The molecule has 2 aromatic carbocycles. The van der Waals surface area contributed by atoms with Crippen LogP contribution in [0.25, 0.3) is 43.8 Å². The molecule has 6 aromatic rings. The van der Waals surface area contributed by atoms with E-state index < -0.39 is 5.63 Å². The molecule has 166 valence electrons. The summed E-state index contributed by atoms with van der Waals surface area (Å²) in [5.41, 5.74) is 8.79. The summed E-state index contributed by atoms with van der Waals surface area (Å²) in [6, 6.07) is 14.5. The molecule has 5 heterocycles. The molecule has 0 aliphatic carbocycles. The van der Waals surface area contributed by atoms with Crippen molar-refractivity contribution in [2.45, 2.75) is 13.0 Å². The highest BCUT2D eigenvalue weighted by molar-refractivity contribution is 6.21. The van der Waals surface area contributed by atoms with Gasteiger partial charge in [-0.05, 0) is 35.9 Å². The van der Waals surface area contributed by atoms with Crippen LogP contribution in [-0.2, 0) is 13.0 Å². The largest absolute Gasteiger partial charge is 0.492 e. The van der Waals surface area contributed by atoms with E-state index in [2.05, 4.69) is 9.97 Å². The normalized spacial score (nSPS) is 13.2. The van der Waals surface area contributed by atoms with Gasteiger partial charge >= 0.3 is 5.63 Å². The van der Waals surface area contributed by atoms with Crippen molar-refractivity contribution in [3.63, 3.8) is 0 Å². The standard InChI is InChI=1S/C26H17FN4O3/c27-17-11-19-22(24-15(17)7-9-33-24)21-16-5-3-8-29-25(16)34-26(32)23(21)31(19)12-13-10-20(28)30-18-6-2-1-4-14(13)18/h1-6,8,10-11H,7,9,12H2,(H2,28,30). The third-order valence-corrected chi connectivity index (χ3v) is 6.53. The van der Waals surface area contributed by atoms with E-state index in [9.17, 15) is 4.79 Å². The average Bonchev–Trinajstić information content (AvgIpc) is 3.44. The van der Waals surface area contributed by atoms with Crippen molar-refractivity contribution < 1.29 is 13.5 Å². The molecule has 34 heavy (non-hydrogen) atoms. The van der Waals surface area contributed by atoms with Crippen LogP contribution in [0, 0.1) is 5.82 Å². The van der Waals surface area contributed by atoms with Gasteiger partial charge in [0.15, 0.2) is 0 Å². The average molecular weight is 452 g/mol. The number of nitrogens with two attached hydrogens (primary N) is 1. The number of hydrogen-bond acceptors (Lipinski definition) is 6. The monoisotopic (exact) mass is 452 g/mol. The molecule has 1 aliphatic rings. The van der Waals surface area contributed by atoms with Crippen LogP contribution < -0.4 is 16.1 Å². The van der Waals surface area contributed by atoms with E-state index in [1.165, 1.54) is 6.07 Å². The predicted octanol–water partition coefficient (Wildman–Crippen LogP) is 4.55. The number of fused-ring (bicyclic) bond motifs is 8. The quantitative estimate of drug-likeness (QED) is 0.414. The summed E-state index contributed by atoms with van der Waals surface area (Å²) in [6.45, 7) is 0.656. The highest BCUT2D eigenvalue weighted by atomic mass is 19.1. The molecule has 0 saturated heterocycles. The maximum absolute atomic E-state index is 15.2. The molecule has 2 N–H and O–H groups in total. The number of benzene rings is 2. The minimum atomic E-state index is -0.545. The fraction of sp³-hybridized carbons (Fsp3) is 0.115. The molecule has 7 nitrogen and oxygen atoms in total. The van der Waals surface area contributed by atoms with Crippen molar-refractivity contribution in [2.24, 2.45) is 0 Å². The Morgan fingerprint density at radius 2 is 1.94 bits per heavy atom. The first-order valence-corrected chi connectivity index (χ1v) is 10.9. The molecule has 0 fully saturated rings. The summed E-state index contributed by atoms with van der Waals surface area (Å²) in [5, 5.41) is 2.92. The zero-order chi connectivity index (χ0) is 23.0. The maximum Gasteiger partial charge on any atom is 0.362 e. The molecule has 8 heteroatoms. The number of ether oxygens (including phenoxy) is 1. The maximum atomic E-state index is 15.2. The van der Waals surface area contributed by atoms with Crippen molar-refractivity contribution in [1.82, 2.24) is 14.5 Å². The predicted molar refractivity (Wildman–Crippen MR) is 128 cm³/mol. The van der Waals surface area contributed by atoms with Gasteiger partial charge in [0, 0.05) is 40.9 Å². The fourth-order valence-electron chi connectivity index (χ4n) is 5.14. The molecular weight excluding hydrogens is 435 g/mol. The van der Waals surface area contributed by atoms with Gasteiger partial charge in [-0.2, -0.15) is 0 Å². The third kappa shape index (κ3) is 2.53. The smallest absolute Gasteiger partial charge is 0.362 e. The van der Waals surface area contributed by atoms with Crippen LogP contribution in [0.3, 0.4) is 0 Å². The van der Waals surface area contributed by atoms with Crippen LogP contribution in [0.5, 0.6) is 5.75 Å². The van der Waals surface area contributed by atoms with Crippen LogP contribution >= 0.6 is 0 Å². The summed E-state index contributed by atoms with van der Waals surface area (Å²) in [7, 11) is 0. The minimum Gasteiger partial charge on any atom is -0.492 e. The van der Waals surface area contributed by atoms with Gasteiger partial charge in [-0.1, -0.05) is 18.2 Å². The summed E-state index contributed by atoms with van der Waals surface area (Å²) >= 11 is 0. The zero-order valence-electron chi connectivity index (χ0n) is 17.8. The Hall–Kier alpha value is -4.46. The highest BCUT2D eigenvalue weighted by Gasteiger charge is 2.28. The van der Waals surface area contributed by atoms with Crippen molar-refractivity contribution in [1.29, 1.82) is 0 Å². The molecular formula is C26H17FN4O3. The SMILES string of the molecule is Nc1cc(Cn2c3cc(F)c4c(c3c3c5cccnc5oc(=O)c32)OCC4)c2ccccc2n1. The second kappa shape index (κ2) is 6.77. The first-order chi connectivity index (χ1) is 16.6. The molecule has 0 spiro atoms. The highest BCUT2D eigenvalue weighted by Crippen LogP contribution is 2.43. The van der Waals surface area contributed by atoms with Crippen molar-refractivity contribution in [2.75, 3.05) is 12.3 Å². The van der Waals surface area contributed by atoms with E-state index in [-0.39, 0.29) is 18.1 Å². The molecule has 7 rings (SSSR count). The summed E-state index contributed by atoms with van der Waals surface area (Å²) < 4.78 is 28.4. The molecule has 1 aliphatic heterocycles. The molecule has 0 atom stereocenters. The second-order valence-electron chi connectivity index (χ2n) is 8.44. The number of nitrogens with zero attached hydrogens (tertiary/aromatic N) is 3. The van der Waals surface area contributed by atoms with E-state index in [0.29, 0.717) is 57.4 Å². The lowest BCUT2D eigenvalue weighted by molar-refractivity contribution is 0.360. The number of pyridine rings is 2. The Bertz CT molecular complexity index is 1870. The number of aromatic nitrogens is 3. The van der Waals surface area contributed by atoms with Crippen LogP contribution in [0.4, 0.5) is 10.2 Å². The lowest BCUT2D eigenvalue weighted by Crippen LogP contribution is -2.09. The van der Waals surface area contributed by atoms with Gasteiger partial charge in [-0.15, -0.1) is 0 Å². The molecule has 0 radical (unpaired) electrons. The molecule has 4 aromatic heterocycles. The Labute approximate surface area is 191 Å². The van der Waals surface area contributed by atoms with Crippen LogP contribution in [0.15, 0.2) is 63.9 Å². The fourth-order valence-corrected chi connectivity index (χ4v) is 5.14. The summed E-state index contributed by atoms with van der Waals surface area (Å²) in [5.74, 6) is 0.495. The zero-order valence-corrected chi connectivity index (χ0v) is 17.8. The van der Waals surface area contributed by atoms with Crippen molar-refractivity contribution in [3.8, 4) is 5.75 Å². The number of hydrogen-bond donors (Lipinski definition) is 1. The van der Waals surface area contributed by atoms with Gasteiger partial charge in [0.05, 0.1) is 23.0 Å². The van der Waals surface area contributed by atoms with Gasteiger partial charge < -0.3 is 19.5 Å². The number of para-hydroxylation sites is 1. The molecule has 0 bridgehead atoms. The summed E-state index contributed by atoms with van der Waals surface area (Å²) in [6.07, 6.45) is 2.05. The number of rotatable bonds is 2. The summed E-state index contributed by atoms with van der Waals surface area (Å²) in [4.78, 5) is 21.9. The van der Waals surface area contributed by atoms with Gasteiger partial charge in [-0.3, -0.25) is 0 Å². The van der Waals surface area contributed by atoms with E-state index in [0.717, 1.165) is 16.5 Å².